The molecule has 0 spiro atoms. The molecule has 0 aromatic carbocycles. The number of amides is 2. The lowest BCUT2D eigenvalue weighted by atomic mass is 10.1. The first-order valence-corrected chi connectivity index (χ1v) is 7.02. The van der Waals surface area contributed by atoms with E-state index in [1.807, 2.05) is 6.07 Å². The summed E-state index contributed by atoms with van der Waals surface area (Å²) in [5.41, 5.74) is 6.80. The molecule has 0 aliphatic carbocycles. The maximum Gasteiger partial charge on any atom is 0.341 e. The molecule has 1 unspecified atom stereocenters. The molecule has 1 atom stereocenters. The number of nitrogens with two attached hydrogens (primary N) is 1. The van der Waals surface area contributed by atoms with Gasteiger partial charge in [-0.3, -0.25) is 0 Å². The van der Waals surface area contributed by atoms with Gasteiger partial charge < -0.3 is 16.0 Å². The monoisotopic (exact) mass is 293 g/mol. The van der Waals surface area contributed by atoms with Gasteiger partial charge in [-0.1, -0.05) is 11.6 Å². The number of nitrogens with zero attached hydrogens (tertiary/aromatic N) is 3. The van der Waals surface area contributed by atoms with E-state index in [4.69, 9.17) is 17.3 Å². The number of urea groups is 1. The molecule has 3 heterocycles. The summed E-state index contributed by atoms with van der Waals surface area (Å²) in [6, 6.07) is 3.42. The summed E-state index contributed by atoms with van der Waals surface area (Å²) in [7, 11) is 0. The second kappa shape index (κ2) is 5.38. The van der Waals surface area contributed by atoms with Gasteiger partial charge in [-0.25, -0.2) is 14.8 Å². The van der Waals surface area contributed by atoms with E-state index < -0.39 is 0 Å². The third kappa shape index (κ3) is 2.76. The molecule has 0 saturated carbocycles. The van der Waals surface area contributed by atoms with Crippen LogP contribution in [0.5, 0.6) is 0 Å². The summed E-state index contributed by atoms with van der Waals surface area (Å²) in [6.45, 7) is 1.75. The molecule has 1 fully saturated rings. The Bertz CT molecular complexity index is 554. The highest BCUT2D eigenvalue weighted by atomic mass is 35.5. The molecule has 106 valence electrons. The lowest BCUT2D eigenvalue weighted by Gasteiger charge is -2.31. The largest absolute Gasteiger partial charge is 0.356 e. The standard InChI is InChI=1S/C13H16ClN5O/c14-11-5-8(10-7-16-13(20)17-10)6-12(18-11)19-3-1-9(15)2-4-19/h5-7,9-10H,1-4,15H2,(H,17,20). The van der Waals surface area contributed by atoms with Crippen LogP contribution in [0, 0.1) is 0 Å². The van der Waals surface area contributed by atoms with E-state index in [9.17, 15) is 4.79 Å². The van der Waals surface area contributed by atoms with Crippen molar-refractivity contribution in [2.75, 3.05) is 18.0 Å². The van der Waals surface area contributed by atoms with Crippen LogP contribution < -0.4 is 16.0 Å². The first-order chi connectivity index (χ1) is 9.61. The number of pyridine rings is 1. The number of aliphatic imine (C=N–C) groups is 1. The van der Waals surface area contributed by atoms with Crippen LogP contribution >= 0.6 is 11.6 Å². The van der Waals surface area contributed by atoms with Gasteiger partial charge in [-0.05, 0) is 30.5 Å². The fourth-order valence-electron chi connectivity index (χ4n) is 2.49. The number of halogens is 1. The average molecular weight is 294 g/mol. The van der Waals surface area contributed by atoms with E-state index in [0.29, 0.717) is 5.15 Å². The Morgan fingerprint density at radius 1 is 1.35 bits per heavy atom. The Morgan fingerprint density at radius 2 is 2.10 bits per heavy atom. The molecule has 1 aromatic heterocycles. The minimum absolute atomic E-state index is 0.228. The topological polar surface area (TPSA) is 83.6 Å². The van der Waals surface area contributed by atoms with E-state index >= 15 is 0 Å². The van der Waals surface area contributed by atoms with E-state index in [0.717, 1.165) is 37.3 Å². The number of rotatable bonds is 2. The zero-order chi connectivity index (χ0) is 14.1. The normalized spacial score (nSPS) is 23.2. The molecule has 2 amide bonds. The first-order valence-electron chi connectivity index (χ1n) is 6.64. The van der Waals surface area contributed by atoms with Crippen molar-refractivity contribution in [2.24, 2.45) is 10.7 Å². The van der Waals surface area contributed by atoms with Crippen molar-refractivity contribution >= 4 is 29.7 Å². The van der Waals surface area contributed by atoms with Crippen LogP contribution in [0.3, 0.4) is 0 Å². The van der Waals surface area contributed by atoms with Gasteiger partial charge in [0.05, 0.1) is 6.04 Å². The molecular formula is C13H16ClN5O. The highest BCUT2D eigenvalue weighted by molar-refractivity contribution is 6.29. The number of anilines is 1. The Kier molecular flexibility index (Phi) is 3.58. The Hall–Kier alpha value is -1.66. The molecule has 3 N–H and O–H groups in total. The summed E-state index contributed by atoms with van der Waals surface area (Å²) in [6.07, 6.45) is 3.49. The van der Waals surface area contributed by atoms with Crippen molar-refractivity contribution in [2.45, 2.75) is 24.9 Å². The Labute approximate surface area is 122 Å². The molecule has 1 aromatic rings. The minimum Gasteiger partial charge on any atom is -0.356 e. The van der Waals surface area contributed by atoms with Crippen LogP contribution in [0.25, 0.3) is 0 Å². The van der Waals surface area contributed by atoms with Crippen LogP contribution in [0.4, 0.5) is 10.6 Å². The third-order valence-electron chi connectivity index (χ3n) is 3.65. The molecule has 20 heavy (non-hydrogen) atoms. The van der Waals surface area contributed by atoms with E-state index in [-0.39, 0.29) is 18.1 Å². The third-order valence-corrected chi connectivity index (χ3v) is 3.84. The molecule has 2 aliphatic rings. The zero-order valence-electron chi connectivity index (χ0n) is 10.9. The van der Waals surface area contributed by atoms with Gasteiger partial charge in [0.25, 0.3) is 0 Å². The average Bonchev–Trinajstić information content (AvgIpc) is 2.85. The van der Waals surface area contributed by atoms with Gasteiger partial charge in [-0.2, -0.15) is 0 Å². The number of piperidine rings is 1. The zero-order valence-corrected chi connectivity index (χ0v) is 11.7. The molecule has 0 radical (unpaired) electrons. The molecule has 2 aliphatic heterocycles. The second-order valence-electron chi connectivity index (χ2n) is 5.11. The molecule has 0 bridgehead atoms. The number of nitrogens with one attached hydrogen (secondary N) is 1. The van der Waals surface area contributed by atoms with Gasteiger partial charge in [0.15, 0.2) is 0 Å². The summed E-state index contributed by atoms with van der Waals surface area (Å²) in [5, 5.41) is 3.17. The van der Waals surface area contributed by atoms with Gasteiger partial charge in [0.1, 0.15) is 11.0 Å². The Balaban J connectivity index is 1.83. The van der Waals surface area contributed by atoms with Crippen LogP contribution in [-0.2, 0) is 0 Å². The fraction of sp³-hybridized carbons (Fsp3) is 0.462. The predicted molar refractivity (Wildman–Crippen MR) is 78.4 cm³/mol. The molecule has 1 saturated heterocycles. The van der Waals surface area contributed by atoms with Crippen LogP contribution in [0.2, 0.25) is 5.15 Å². The molecule has 3 rings (SSSR count). The molecular weight excluding hydrogens is 278 g/mol. The summed E-state index contributed by atoms with van der Waals surface area (Å²) in [4.78, 5) is 21.4. The van der Waals surface area contributed by atoms with Crippen LogP contribution in [0.1, 0.15) is 24.4 Å². The predicted octanol–water partition coefficient (Wildman–Crippen LogP) is 1.50. The smallest absolute Gasteiger partial charge is 0.341 e. The van der Waals surface area contributed by atoms with Gasteiger partial charge in [-0.15, -0.1) is 0 Å². The van der Waals surface area contributed by atoms with Gasteiger partial charge in [0, 0.05) is 25.3 Å². The summed E-state index contributed by atoms with van der Waals surface area (Å²) < 4.78 is 0. The fourth-order valence-corrected chi connectivity index (χ4v) is 2.70. The Morgan fingerprint density at radius 3 is 2.75 bits per heavy atom. The second-order valence-corrected chi connectivity index (χ2v) is 5.50. The van der Waals surface area contributed by atoms with Crippen molar-refractivity contribution in [3.05, 3.63) is 22.8 Å². The van der Waals surface area contributed by atoms with Crippen molar-refractivity contribution < 1.29 is 4.79 Å². The summed E-state index contributed by atoms with van der Waals surface area (Å²) >= 11 is 6.09. The van der Waals surface area contributed by atoms with E-state index in [1.165, 1.54) is 0 Å². The number of hydrogen-bond acceptors (Lipinski definition) is 4. The quantitative estimate of drug-likeness (QED) is 0.809. The lowest BCUT2D eigenvalue weighted by Crippen LogP contribution is -2.40. The number of hydrogen-bond donors (Lipinski definition) is 2. The van der Waals surface area contributed by atoms with Gasteiger partial charge >= 0.3 is 6.03 Å². The highest BCUT2D eigenvalue weighted by Gasteiger charge is 2.22. The number of carbonyl (C=O) groups is 1. The van der Waals surface area contributed by atoms with Crippen molar-refractivity contribution in [3.8, 4) is 0 Å². The highest BCUT2D eigenvalue weighted by Crippen LogP contribution is 2.25. The van der Waals surface area contributed by atoms with Crippen molar-refractivity contribution in [1.29, 1.82) is 0 Å². The molecule has 7 heteroatoms. The molecule has 6 nitrogen and oxygen atoms in total. The van der Waals surface area contributed by atoms with E-state index in [2.05, 4.69) is 20.2 Å². The lowest BCUT2D eigenvalue weighted by molar-refractivity contribution is 0.250. The SMILES string of the molecule is NC1CCN(c2cc(C3C=NC(=O)N3)cc(Cl)n2)CC1. The van der Waals surface area contributed by atoms with Gasteiger partial charge in [0.2, 0.25) is 0 Å². The first kappa shape index (κ1) is 13.3. The van der Waals surface area contributed by atoms with E-state index in [1.54, 1.807) is 12.3 Å². The van der Waals surface area contributed by atoms with Crippen LogP contribution in [0.15, 0.2) is 17.1 Å². The maximum absolute atomic E-state index is 11.2. The van der Waals surface area contributed by atoms with Crippen molar-refractivity contribution in [3.63, 3.8) is 0 Å². The number of carbonyl (C=O) groups excluding carboxylic acids is 1. The van der Waals surface area contributed by atoms with Crippen LogP contribution in [-0.4, -0.2) is 36.4 Å². The van der Waals surface area contributed by atoms with Crippen molar-refractivity contribution in [1.82, 2.24) is 10.3 Å². The number of aromatic nitrogens is 1. The minimum atomic E-state index is -0.326. The maximum atomic E-state index is 11.2. The summed E-state index contributed by atoms with van der Waals surface area (Å²) in [5.74, 6) is 0.828.